The molecule has 5 N–H and O–H groups in total. The van der Waals surface area contributed by atoms with E-state index in [0.29, 0.717) is 19.4 Å². The molecule has 17 heavy (non-hydrogen) atoms. The Bertz CT molecular complexity index is 491. The number of aromatic nitrogens is 2. The maximum absolute atomic E-state index is 11.5. The highest BCUT2D eigenvalue weighted by Gasteiger charge is 2.09. The molecule has 0 aromatic carbocycles. The first kappa shape index (κ1) is 13.3. The number of aliphatic hydroxyl groups excluding tert-OH is 1. The summed E-state index contributed by atoms with van der Waals surface area (Å²) in [6, 6.07) is 0. The van der Waals surface area contributed by atoms with Gasteiger partial charge in [-0.1, -0.05) is 6.92 Å². The second-order valence-corrected chi connectivity index (χ2v) is 3.86. The first-order valence-corrected chi connectivity index (χ1v) is 5.48. The van der Waals surface area contributed by atoms with Gasteiger partial charge in [-0.3, -0.25) is 14.3 Å². The summed E-state index contributed by atoms with van der Waals surface area (Å²) < 4.78 is 1.15. The molecule has 1 aromatic heterocycles. The number of rotatable bonds is 5. The van der Waals surface area contributed by atoms with Gasteiger partial charge in [-0.05, 0) is 12.8 Å². The fraction of sp³-hybridized carbons (Fsp3) is 0.600. The minimum atomic E-state index is -0.549. The van der Waals surface area contributed by atoms with Gasteiger partial charge in [0.1, 0.15) is 11.5 Å². The van der Waals surface area contributed by atoms with Gasteiger partial charge in [0.15, 0.2) is 0 Å². The van der Waals surface area contributed by atoms with Gasteiger partial charge in [0.05, 0.1) is 6.10 Å². The Morgan fingerprint density at radius 3 is 2.76 bits per heavy atom. The number of aromatic amines is 1. The predicted molar refractivity (Wildman–Crippen MR) is 66.1 cm³/mol. The summed E-state index contributed by atoms with van der Waals surface area (Å²) in [5, 5.41) is 12.2. The number of nitrogens with one attached hydrogen (secondary N) is 2. The maximum Gasteiger partial charge on any atom is 0.329 e. The second kappa shape index (κ2) is 5.53. The molecule has 0 saturated carbocycles. The Kier molecular flexibility index (Phi) is 4.33. The summed E-state index contributed by atoms with van der Waals surface area (Å²) in [5.41, 5.74) is 4.72. The number of hydrogen-bond donors (Lipinski definition) is 4. The monoisotopic (exact) mass is 242 g/mol. The largest absolute Gasteiger partial charge is 0.393 e. The lowest BCUT2D eigenvalue weighted by Gasteiger charge is -2.12. The van der Waals surface area contributed by atoms with E-state index in [1.54, 1.807) is 0 Å². The fourth-order valence-electron chi connectivity index (χ4n) is 1.38. The standard InChI is InChI=1S/C10H18N4O3/c1-3-6(15)4-5-12-7-8(11)14(2)10(17)13-9(7)16/h6,12,15H,3-5,11H2,1-2H3,(H,13,16,17). The molecule has 1 heterocycles. The molecule has 1 atom stereocenters. The van der Waals surface area contributed by atoms with Gasteiger partial charge in [0.25, 0.3) is 5.56 Å². The lowest BCUT2D eigenvalue weighted by molar-refractivity contribution is 0.164. The molecule has 7 nitrogen and oxygen atoms in total. The number of anilines is 2. The molecule has 0 aliphatic rings. The van der Waals surface area contributed by atoms with E-state index in [1.807, 2.05) is 6.92 Å². The van der Waals surface area contributed by atoms with Crippen molar-refractivity contribution >= 4 is 11.5 Å². The van der Waals surface area contributed by atoms with Gasteiger partial charge in [0, 0.05) is 13.6 Å². The van der Waals surface area contributed by atoms with Crippen LogP contribution in [0.1, 0.15) is 19.8 Å². The van der Waals surface area contributed by atoms with Gasteiger partial charge in [-0.15, -0.1) is 0 Å². The zero-order valence-electron chi connectivity index (χ0n) is 9.99. The molecule has 0 aliphatic heterocycles. The Morgan fingerprint density at radius 2 is 2.18 bits per heavy atom. The SMILES string of the molecule is CCC(O)CCNc1c(N)n(C)c(=O)[nH]c1=O. The Labute approximate surface area is 98.3 Å². The van der Waals surface area contributed by atoms with Crippen LogP contribution in [0.15, 0.2) is 9.59 Å². The number of nitrogens with two attached hydrogens (primary N) is 1. The quantitative estimate of drug-likeness (QED) is 0.541. The van der Waals surface area contributed by atoms with Crippen molar-refractivity contribution in [1.29, 1.82) is 0 Å². The van der Waals surface area contributed by atoms with Crippen molar-refractivity contribution in [2.45, 2.75) is 25.9 Å². The average molecular weight is 242 g/mol. The third-order valence-corrected chi connectivity index (χ3v) is 2.62. The minimum Gasteiger partial charge on any atom is -0.393 e. The Hall–Kier alpha value is -1.76. The van der Waals surface area contributed by atoms with Gasteiger partial charge >= 0.3 is 5.69 Å². The van der Waals surface area contributed by atoms with Gasteiger partial charge in [-0.25, -0.2) is 4.79 Å². The molecule has 0 bridgehead atoms. The van der Waals surface area contributed by atoms with E-state index in [4.69, 9.17) is 5.73 Å². The van der Waals surface area contributed by atoms with Crippen LogP contribution in [0.2, 0.25) is 0 Å². The lowest BCUT2D eigenvalue weighted by Crippen LogP contribution is -2.32. The predicted octanol–water partition coefficient (Wildman–Crippen LogP) is -0.771. The van der Waals surface area contributed by atoms with Gasteiger partial charge in [-0.2, -0.15) is 0 Å². The molecule has 1 unspecified atom stereocenters. The van der Waals surface area contributed by atoms with Crippen molar-refractivity contribution in [3.63, 3.8) is 0 Å². The van der Waals surface area contributed by atoms with Crippen LogP contribution in [0.4, 0.5) is 11.5 Å². The molecule has 0 amide bonds. The van der Waals surface area contributed by atoms with E-state index in [1.165, 1.54) is 7.05 Å². The zero-order valence-corrected chi connectivity index (χ0v) is 9.99. The molecular formula is C10H18N4O3. The summed E-state index contributed by atoms with van der Waals surface area (Å²) >= 11 is 0. The molecule has 1 aromatic rings. The Balaban J connectivity index is 2.82. The van der Waals surface area contributed by atoms with Crippen LogP contribution < -0.4 is 22.3 Å². The second-order valence-electron chi connectivity index (χ2n) is 3.86. The van der Waals surface area contributed by atoms with Gasteiger partial charge in [0.2, 0.25) is 0 Å². The highest BCUT2D eigenvalue weighted by Crippen LogP contribution is 2.08. The summed E-state index contributed by atoms with van der Waals surface area (Å²) in [5.74, 6) is 0.0877. The summed E-state index contributed by atoms with van der Waals surface area (Å²) in [6.07, 6.45) is 0.759. The Morgan fingerprint density at radius 1 is 1.53 bits per heavy atom. The zero-order chi connectivity index (χ0) is 13.0. The summed E-state index contributed by atoms with van der Waals surface area (Å²) in [6.45, 7) is 2.29. The molecule has 0 spiro atoms. The van der Waals surface area contributed by atoms with E-state index in [-0.39, 0.29) is 11.5 Å². The van der Waals surface area contributed by atoms with Crippen molar-refractivity contribution < 1.29 is 5.11 Å². The van der Waals surface area contributed by atoms with Crippen LogP contribution >= 0.6 is 0 Å². The summed E-state index contributed by atoms with van der Waals surface area (Å²) in [4.78, 5) is 24.8. The van der Waals surface area contributed by atoms with Crippen LogP contribution in [0, 0.1) is 0 Å². The highest BCUT2D eigenvalue weighted by atomic mass is 16.3. The molecule has 0 radical (unpaired) electrons. The average Bonchev–Trinajstić information content (AvgIpc) is 2.30. The molecular weight excluding hydrogens is 224 g/mol. The van der Waals surface area contributed by atoms with Crippen LogP contribution in [0.3, 0.4) is 0 Å². The highest BCUT2D eigenvalue weighted by molar-refractivity contribution is 5.60. The fourth-order valence-corrected chi connectivity index (χ4v) is 1.38. The minimum absolute atomic E-state index is 0.0877. The number of hydrogen-bond acceptors (Lipinski definition) is 5. The van der Waals surface area contributed by atoms with Crippen LogP contribution in [0.5, 0.6) is 0 Å². The van der Waals surface area contributed by atoms with E-state index >= 15 is 0 Å². The van der Waals surface area contributed by atoms with E-state index in [2.05, 4.69) is 10.3 Å². The van der Waals surface area contributed by atoms with E-state index < -0.39 is 17.4 Å². The molecule has 0 aliphatic carbocycles. The normalized spacial score (nSPS) is 12.4. The molecule has 1 rings (SSSR count). The number of aliphatic hydroxyl groups is 1. The van der Waals surface area contributed by atoms with Crippen LogP contribution in [-0.4, -0.2) is 27.3 Å². The van der Waals surface area contributed by atoms with E-state index in [9.17, 15) is 14.7 Å². The molecule has 7 heteroatoms. The maximum atomic E-state index is 11.5. The van der Waals surface area contributed by atoms with Crippen molar-refractivity contribution in [1.82, 2.24) is 9.55 Å². The summed E-state index contributed by atoms with van der Waals surface area (Å²) in [7, 11) is 1.47. The smallest absolute Gasteiger partial charge is 0.329 e. The molecule has 0 saturated heterocycles. The van der Waals surface area contributed by atoms with E-state index in [0.717, 1.165) is 4.57 Å². The van der Waals surface area contributed by atoms with Crippen molar-refractivity contribution in [3.8, 4) is 0 Å². The van der Waals surface area contributed by atoms with Crippen molar-refractivity contribution in [2.75, 3.05) is 17.6 Å². The van der Waals surface area contributed by atoms with Crippen molar-refractivity contribution in [3.05, 3.63) is 20.8 Å². The van der Waals surface area contributed by atoms with Crippen LogP contribution in [0.25, 0.3) is 0 Å². The van der Waals surface area contributed by atoms with Crippen LogP contribution in [-0.2, 0) is 7.05 Å². The van der Waals surface area contributed by atoms with Crippen molar-refractivity contribution in [2.24, 2.45) is 7.05 Å². The third-order valence-electron chi connectivity index (χ3n) is 2.62. The lowest BCUT2D eigenvalue weighted by atomic mass is 10.2. The number of nitrogen functional groups attached to an aromatic ring is 1. The first-order valence-electron chi connectivity index (χ1n) is 5.48. The first-order chi connectivity index (χ1) is 7.97. The van der Waals surface area contributed by atoms with Gasteiger partial charge < -0.3 is 16.2 Å². The molecule has 96 valence electrons. The third kappa shape index (κ3) is 3.10. The number of nitrogens with zero attached hydrogens (tertiary/aromatic N) is 1. The topological polar surface area (TPSA) is 113 Å². The number of H-pyrrole nitrogens is 1. The molecule has 0 fully saturated rings.